The summed E-state index contributed by atoms with van der Waals surface area (Å²) in [5.74, 6) is -0.213. The number of rotatable bonds is 4. The van der Waals surface area contributed by atoms with Gasteiger partial charge in [-0.15, -0.1) is 0 Å². The number of sulfonamides is 1. The van der Waals surface area contributed by atoms with Crippen LogP contribution in [0.25, 0.3) is 0 Å². The Hall–Kier alpha value is -1.83. The van der Waals surface area contributed by atoms with Crippen LogP contribution < -0.4 is 10.0 Å². The Bertz CT molecular complexity index is 808. The number of nitrogens with zero attached hydrogens (tertiary/aromatic N) is 1. The van der Waals surface area contributed by atoms with Crippen LogP contribution in [0.5, 0.6) is 0 Å². The van der Waals surface area contributed by atoms with Gasteiger partial charge in [-0.2, -0.15) is 0 Å². The van der Waals surface area contributed by atoms with E-state index >= 15 is 0 Å². The molecule has 1 amide bonds. The first-order chi connectivity index (χ1) is 10.3. The lowest BCUT2D eigenvalue weighted by Crippen LogP contribution is -2.13. The lowest BCUT2D eigenvalue weighted by molar-refractivity contribution is -0.114. The van der Waals surface area contributed by atoms with Gasteiger partial charge < -0.3 is 5.32 Å². The van der Waals surface area contributed by atoms with Crippen molar-refractivity contribution in [1.29, 1.82) is 0 Å². The van der Waals surface area contributed by atoms with E-state index in [1.54, 1.807) is 12.1 Å². The lowest BCUT2D eigenvalue weighted by Gasteiger charge is -2.09. The monoisotopic (exact) mass is 359 g/mol. The van der Waals surface area contributed by atoms with Crippen LogP contribution >= 0.6 is 23.2 Å². The molecule has 0 saturated carbocycles. The van der Waals surface area contributed by atoms with E-state index in [1.165, 1.54) is 25.1 Å². The number of nitrogens with one attached hydrogen (secondary N) is 2. The maximum absolute atomic E-state index is 12.2. The second-order valence-corrected chi connectivity index (χ2v) is 6.76. The summed E-state index contributed by atoms with van der Waals surface area (Å²) in [5.41, 5.74) is 0.895. The van der Waals surface area contributed by atoms with Crippen LogP contribution in [0.2, 0.25) is 10.2 Å². The average molecular weight is 360 g/mol. The second kappa shape index (κ2) is 6.51. The number of carbonyl (C=O) groups excluding carboxylic acids is 1. The number of hydrogen-bond donors (Lipinski definition) is 2. The summed E-state index contributed by atoms with van der Waals surface area (Å²) < 4.78 is 26.8. The Kier molecular flexibility index (Phi) is 4.90. The minimum Gasteiger partial charge on any atom is -0.326 e. The van der Waals surface area contributed by atoms with Crippen LogP contribution in [0, 0.1) is 0 Å². The SMILES string of the molecule is CC(=O)Nc1ccc(NS(=O)(=O)c2cnc(Cl)c(Cl)c2)cc1. The highest BCUT2D eigenvalue weighted by Crippen LogP contribution is 2.24. The molecule has 1 aromatic carbocycles. The van der Waals surface area contributed by atoms with Crippen molar-refractivity contribution >= 4 is 50.5 Å². The third kappa shape index (κ3) is 4.09. The van der Waals surface area contributed by atoms with Crippen molar-refractivity contribution in [3.63, 3.8) is 0 Å². The van der Waals surface area contributed by atoms with Crippen LogP contribution in [0.1, 0.15) is 6.92 Å². The topological polar surface area (TPSA) is 88.2 Å². The van der Waals surface area contributed by atoms with Crippen molar-refractivity contribution in [2.45, 2.75) is 11.8 Å². The van der Waals surface area contributed by atoms with Gasteiger partial charge in [0, 0.05) is 24.5 Å². The van der Waals surface area contributed by atoms with Gasteiger partial charge in [0.1, 0.15) is 10.0 Å². The van der Waals surface area contributed by atoms with Gasteiger partial charge in [0.05, 0.1) is 5.02 Å². The van der Waals surface area contributed by atoms with E-state index in [4.69, 9.17) is 23.2 Å². The molecule has 1 heterocycles. The molecular formula is C13H11Cl2N3O3S. The van der Waals surface area contributed by atoms with Crippen molar-refractivity contribution < 1.29 is 13.2 Å². The Labute approximate surface area is 137 Å². The van der Waals surface area contributed by atoms with Gasteiger partial charge in [-0.05, 0) is 30.3 Å². The molecule has 0 aliphatic heterocycles. The normalized spacial score (nSPS) is 11.0. The molecule has 0 unspecified atom stereocenters. The van der Waals surface area contributed by atoms with Crippen LogP contribution in [0.3, 0.4) is 0 Å². The molecule has 0 atom stereocenters. The minimum absolute atomic E-state index is 0.0280. The minimum atomic E-state index is -3.83. The van der Waals surface area contributed by atoms with Gasteiger partial charge in [0.25, 0.3) is 10.0 Å². The zero-order valence-corrected chi connectivity index (χ0v) is 13.6. The van der Waals surface area contributed by atoms with Crippen molar-refractivity contribution in [2.24, 2.45) is 0 Å². The molecule has 2 rings (SSSR count). The van der Waals surface area contributed by atoms with Gasteiger partial charge in [-0.1, -0.05) is 23.2 Å². The fourth-order valence-corrected chi connectivity index (χ4v) is 2.95. The van der Waals surface area contributed by atoms with E-state index in [9.17, 15) is 13.2 Å². The molecule has 0 spiro atoms. The van der Waals surface area contributed by atoms with Crippen LogP contribution in [-0.4, -0.2) is 19.3 Å². The van der Waals surface area contributed by atoms with Gasteiger partial charge >= 0.3 is 0 Å². The third-order valence-corrected chi connectivity index (χ3v) is 4.57. The fourth-order valence-electron chi connectivity index (χ4n) is 1.59. The first-order valence-electron chi connectivity index (χ1n) is 5.99. The zero-order valence-electron chi connectivity index (χ0n) is 11.3. The summed E-state index contributed by atoms with van der Waals surface area (Å²) >= 11 is 11.4. The summed E-state index contributed by atoms with van der Waals surface area (Å²) in [6.07, 6.45) is 1.11. The van der Waals surface area contributed by atoms with Crippen LogP contribution in [-0.2, 0) is 14.8 Å². The number of pyridine rings is 1. The van der Waals surface area contributed by atoms with E-state index in [-0.39, 0.29) is 21.0 Å². The van der Waals surface area contributed by atoms with E-state index < -0.39 is 10.0 Å². The van der Waals surface area contributed by atoms with E-state index in [2.05, 4.69) is 15.0 Å². The first-order valence-corrected chi connectivity index (χ1v) is 8.23. The predicted octanol–water partition coefficient (Wildman–Crippen LogP) is 3.15. The Morgan fingerprint density at radius 3 is 2.27 bits per heavy atom. The number of aromatic nitrogens is 1. The molecule has 0 aliphatic carbocycles. The number of anilines is 2. The number of halogens is 2. The standard InChI is InChI=1S/C13H11Cl2N3O3S/c1-8(19)17-9-2-4-10(5-3-9)18-22(20,21)11-6-12(14)13(15)16-7-11/h2-7,18H,1H3,(H,17,19). The highest BCUT2D eigenvalue weighted by molar-refractivity contribution is 7.92. The second-order valence-electron chi connectivity index (χ2n) is 4.31. The Morgan fingerprint density at radius 1 is 1.14 bits per heavy atom. The molecule has 0 saturated heterocycles. The highest BCUT2D eigenvalue weighted by atomic mass is 35.5. The summed E-state index contributed by atoms with van der Waals surface area (Å²) in [5, 5.41) is 2.66. The van der Waals surface area contributed by atoms with Gasteiger partial charge in [-0.3, -0.25) is 9.52 Å². The third-order valence-electron chi connectivity index (χ3n) is 2.54. The molecule has 116 valence electrons. The Balaban J connectivity index is 2.21. The van der Waals surface area contributed by atoms with Crippen LogP contribution in [0.4, 0.5) is 11.4 Å². The number of carbonyl (C=O) groups is 1. The smallest absolute Gasteiger partial charge is 0.263 e. The van der Waals surface area contributed by atoms with Crippen molar-refractivity contribution in [2.75, 3.05) is 10.0 Å². The molecule has 9 heteroatoms. The van der Waals surface area contributed by atoms with Crippen molar-refractivity contribution in [1.82, 2.24) is 4.98 Å². The molecule has 2 aromatic rings. The van der Waals surface area contributed by atoms with E-state index in [1.807, 2.05) is 0 Å². The number of amides is 1. The Morgan fingerprint density at radius 2 is 1.73 bits per heavy atom. The number of hydrogen-bond acceptors (Lipinski definition) is 4. The summed E-state index contributed by atoms with van der Waals surface area (Å²) in [6.45, 7) is 1.38. The molecule has 0 fully saturated rings. The molecule has 0 aliphatic rings. The molecule has 0 radical (unpaired) electrons. The van der Waals surface area contributed by atoms with Crippen molar-refractivity contribution in [3.8, 4) is 0 Å². The van der Waals surface area contributed by atoms with Crippen molar-refractivity contribution in [3.05, 3.63) is 46.7 Å². The number of benzene rings is 1. The molecule has 1 aromatic heterocycles. The van der Waals surface area contributed by atoms with E-state index in [0.29, 0.717) is 11.4 Å². The van der Waals surface area contributed by atoms with Crippen LogP contribution in [0.15, 0.2) is 41.4 Å². The summed E-state index contributed by atoms with van der Waals surface area (Å²) in [4.78, 5) is 14.5. The predicted molar refractivity (Wildman–Crippen MR) is 85.8 cm³/mol. The maximum Gasteiger partial charge on any atom is 0.263 e. The quantitative estimate of drug-likeness (QED) is 0.820. The molecule has 6 nitrogen and oxygen atoms in total. The van der Waals surface area contributed by atoms with E-state index in [0.717, 1.165) is 6.20 Å². The van der Waals surface area contributed by atoms with Gasteiger partial charge in [-0.25, -0.2) is 13.4 Å². The fraction of sp³-hybridized carbons (Fsp3) is 0.0769. The summed E-state index contributed by atoms with van der Waals surface area (Å²) in [6, 6.07) is 7.41. The largest absolute Gasteiger partial charge is 0.326 e. The lowest BCUT2D eigenvalue weighted by atomic mass is 10.3. The zero-order chi connectivity index (χ0) is 16.3. The highest BCUT2D eigenvalue weighted by Gasteiger charge is 2.16. The van der Waals surface area contributed by atoms with Gasteiger partial charge in [0.15, 0.2) is 0 Å². The molecule has 0 bridgehead atoms. The molecule has 2 N–H and O–H groups in total. The molecular weight excluding hydrogens is 349 g/mol. The first kappa shape index (κ1) is 16.5. The maximum atomic E-state index is 12.2. The van der Waals surface area contributed by atoms with Gasteiger partial charge in [0.2, 0.25) is 5.91 Å². The average Bonchev–Trinajstić information content (AvgIpc) is 2.43. The summed E-state index contributed by atoms with van der Waals surface area (Å²) in [7, 11) is -3.83. The molecule has 22 heavy (non-hydrogen) atoms.